The summed E-state index contributed by atoms with van der Waals surface area (Å²) in [6.45, 7) is 3.11. The Kier molecular flexibility index (Phi) is 2.83. The first-order valence-corrected chi connectivity index (χ1v) is 5.32. The van der Waals surface area contributed by atoms with E-state index in [0.29, 0.717) is 6.04 Å². The number of carbonyl (C=O) groups is 1. The van der Waals surface area contributed by atoms with Crippen molar-refractivity contribution in [1.82, 2.24) is 10.2 Å². The minimum Gasteiger partial charge on any atom is -0.341 e. The minimum absolute atomic E-state index is 0.469. The Labute approximate surface area is 79.5 Å². The third-order valence-corrected chi connectivity index (χ3v) is 3.07. The Morgan fingerprint density at radius 3 is 2.85 bits per heavy atom. The van der Waals surface area contributed by atoms with Gasteiger partial charge in [0.05, 0.1) is 0 Å². The molecular formula is C10H18N2O. The summed E-state index contributed by atoms with van der Waals surface area (Å²) in [6.07, 6.45) is 6.14. The number of hydrogen-bond donors (Lipinski definition) is 1. The molecule has 2 rings (SSSR count). The van der Waals surface area contributed by atoms with Crippen LogP contribution in [0.25, 0.3) is 0 Å². The third-order valence-electron chi connectivity index (χ3n) is 3.07. The van der Waals surface area contributed by atoms with E-state index in [4.69, 9.17) is 0 Å². The molecule has 2 aliphatic rings. The smallest absolute Gasteiger partial charge is 0.209 e. The Bertz CT molecular complexity index is 180. The van der Waals surface area contributed by atoms with Crippen molar-refractivity contribution < 1.29 is 4.79 Å². The van der Waals surface area contributed by atoms with Gasteiger partial charge in [-0.1, -0.05) is 0 Å². The van der Waals surface area contributed by atoms with Crippen LogP contribution < -0.4 is 5.32 Å². The molecule has 1 heterocycles. The van der Waals surface area contributed by atoms with Crippen molar-refractivity contribution in [1.29, 1.82) is 0 Å². The van der Waals surface area contributed by atoms with Crippen molar-refractivity contribution in [2.24, 2.45) is 5.92 Å². The van der Waals surface area contributed by atoms with Crippen LogP contribution in [-0.4, -0.2) is 37.0 Å². The van der Waals surface area contributed by atoms with Gasteiger partial charge in [-0.15, -0.1) is 0 Å². The maximum atomic E-state index is 10.6. The lowest BCUT2D eigenvalue weighted by Gasteiger charge is -2.20. The van der Waals surface area contributed by atoms with Crippen molar-refractivity contribution in [3.8, 4) is 0 Å². The summed E-state index contributed by atoms with van der Waals surface area (Å²) in [6, 6.07) is 0.469. The van der Waals surface area contributed by atoms with Crippen LogP contribution in [0.1, 0.15) is 25.7 Å². The zero-order valence-electron chi connectivity index (χ0n) is 8.04. The summed E-state index contributed by atoms with van der Waals surface area (Å²) in [4.78, 5) is 12.6. The molecule has 1 N–H and O–H groups in total. The Morgan fingerprint density at radius 2 is 2.15 bits per heavy atom. The molecule has 3 nitrogen and oxygen atoms in total. The highest BCUT2D eigenvalue weighted by atomic mass is 16.1. The van der Waals surface area contributed by atoms with Crippen LogP contribution in [0.2, 0.25) is 0 Å². The molecule has 1 amide bonds. The number of rotatable bonds is 5. The third kappa shape index (κ3) is 2.44. The van der Waals surface area contributed by atoms with Crippen LogP contribution >= 0.6 is 0 Å². The van der Waals surface area contributed by atoms with Crippen LogP contribution in [0, 0.1) is 5.92 Å². The van der Waals surface area contributed by atoms with Crippen LogP contribution in [0.15, 0.2) is 0 Å². The summed E-state index contributed by atoms with van der Waals surface area (Å²) in [5, 5.41) is 3.45. The zero-order valence-corrected chi connectivity index (χ0v) is 8.04. The fourth-order valence-corrected chi connectivity index (χ4v) is 1.99. The molecule has 0 aromatic heterocycles. The maximum Gasteiger partial charge on any atom is 0.209 e. The molecule has 0 bridgehead atoms. The topological polar surface area (TPSA) is 32.3 Å². The molecule has 1 aliphatic carbocycles. The fourth-order valence-electron chi connectivity index (χ4n) is 1.99. The van der Waals surface area contributed by atoms with E-state index in [1.165, 1.54) is 25.7 Å². The van der Waals surface area contributed by atoms with E-state index < -0.39 is 0 Å². The highest BCUT2D eigenvalue weighted by Crippen LogP contribution is 2.27. The summed E-state index contributed by atoms with van der Waals surface area (Å²) in [5.74, 6) is 0.936. The van der Waals surface area contributed by atoms with E-state index in [2.05, 4.69) is 5.32 Å². The first kappa shape index (κ1) is 9.00. The molecule has 1 aliphatic heterocycles. The summed E-state index contributed by atoms with van der Waals surface area (Å²) in [5.41, 5.74) is 0. The van der Waals surface area contributed by atoms with E-state index in [-0.39, 0.29) is 0 Å². The second-order valence-corrected chi connectivity index (χ2v) is 4.24. The van der Waals surface area contributed by atoms with Crippen molar-refractivity contribution in [3.05, 3.63) is 0 Å². The average molecular weight is 182 g/mol. The number of carbonyl (C=O) groups excluding carboxylic acids is 1. The number of amides is 1. The van der Waals surface area contributed by atoms with Gasteiger partial charge in [-0.3, -0.25) is 4.79 Å². The van der Waals surface area contributed by atoms with Gasteiger partial charge < -0.3 is 10.2 Å². The van der Waals surface area contributed by atoms with Gasteiger partial charge in [0, 0.05) is 19.1 Å². The summed E-state index contributed by atoms with van der Waals surface area (Å²) >= 11 is 0. The van der Waals surface area contributed by atoms with E-state index in [9.17, 15) is 4.79 Å². The minimum atomic E-state index is 0.469. The van der Waals surface area contributed by atoms with E-state index >= 15 is 0 Å². The Morgan fingerprint density at radius 1 is 1.31 bits per heavy atom. The number of nitrogens with one attached hydrogen (secondary N) is 1. The quantitative estimate of drug-likeness (QED) is 0.632. The summed E-state index contributed by atoms with van der Waals surface area (Å²) < 4.78 is 0. The standard InChI is InChI=1S/C10H18N2O/c13-8-12-5-1-2-10(12)7-11-6-9-3-4-9/h8-11H,1-7H2. The maximum absolute atomic E-state index is 10.6. The van der Waals surface area contributed by atoms with Gasteiger partial charge in [0.1, 0.15) is 0 Å². The van der Waals surface area contributed by atoms with Gasteiger partial charge in [-0.05, 0) is 38.1 Å². The van der Waals surface area contributed by atoms with Crippen molar-refractivity contribution in [2.45, 2.75) is 31.7 Å². The highest BCUT2D eigenvalue weighted by molar-refractivity contribution is 5.48. The molecule has 3 heteroatoms. The van der Waals surface area contributed by atoms with Gasteiger partial charge in [0.15, 0.2) is 0 Å². The molecule has 1 atom stereocenters. The van der Waals surface area contributed by atoms with E-state index in [1.807, 2.05) is 4.90 Å². The normalized spacial score (nSPS) is 28.0. The molecule has 0 radical (unpaired) electrons. The van der Waals surface area contributed by atoms with Gasteiger partial charge >= 0.3 is 0 Å². The molecule has 13 heavy (non-hydrogen) atoms. The lowest BCUT2D eigenvalue weighted by molar-refractivity contribution is -0.118. The van der Waals surface area contributed by atoms with Crippen LogP contribution in [0.3, 0.4) is 0 Å². The van der Waals surface area contributed by atoms with Crippen molar-refractivity contribution >= 4 is 6.41 Å². The summed E-state index contributed by atoms with van der Waals surface area (Å²) in [7, 11) is 0. The van der Waals surface area contributed by atoms with E-state index in [0.717, 1.165) is 32.0 Å². The first-order valence-electron chi connectivity index (χ1n) is 5.32. The lowest BCUT2D eigenvalue weighted by atomic mass is 10.2. The molecule has 1 unspecified atom stereocenters. The fraction of sp³-hybridized carbons (Fsp3) is 0.900. The average Bonchev–Trinajstić information content (AvgIpc) is 2.84. The Balaban J connectivity index is 1.64. The molecule has 2 fully saturated rings. The molecule has 1 saturated heterocycles. The van der Waals surface area contributed by atoms with E-state index in [1.54, 1.807) is 0 Å². The zero-order chi connectivity index (χ0) is 9.10. The number of nitrogens with zero attached hydrogens (tertiary/aromatic N) is 1. The highest BCUT2D eigenvalue weighted by Gasteiger charge is 2.24. The van der Waals surface area contributed by atoms with Crippen molar-refractivity contribution in [3.63, 3.8) is 0 Å². The molecular weight excluding hydrogens is 164 g/mol. The second kappa shape index (κ2) is 4.09. The lowest BCUT2D eigenvalue weighted by Crippen LogP contribution is -2.37. The Hall–Kier alpha value is -0.570. The van der Waals surface area contributed by atoms with Gasteiger partial charge in [0.2, 0.25) is 6.41 Å². The molecule has 0 aromatic rings. The number of hydrogen-bond acceptors (Lipinski definition) is 2. The van der Waals surface area contributed by atoms with Crippen LogP contribution in [0.4, 0.5) is 0 Å². The molecule has 74 valence electrons. The predicted octanol–water partition coefficient (Wildman–Crippen LogP) is 0.607. The number of likely N-dealkylation sites (tertiary alicyclic amines) is 1. The van der Waals surface area contributed by atoms with Gasteiger partial charge in [-0.2, -0.15) is 0 Å². The van der Waals surface area contributed by atoms with Gasteiger partial charge in [0.25, 0.3) is 0 Å². The molecule has 0 aromatic carbocycles. The monoisotopic (exact) mass is 182 g/mol. The van der Waals surface area contributed by atoms with Crippen LogP contribution in [-0.2, 0) is 4.79 Å². The largest absolute Gasteiger partial charge is 0.341 e. The predicted molar refractivity (Wildman–Crippen MR) is 51.4 cm³/mol. The SMILES string of the molecule is O=CN1CCCC1CNCC1CC1. The van der Waals surface area contributed by atoms with Crippen molar-refractivity contribution in [2.75, 3.05) is 19.6 Å². The first-order chi connectivity index (χ1) is 6.40. The second-order valence-electron chi connectivity index (χ2n) is 4.24. The van der Waals surface area contributed by atoms with Gasteiger partial charge in [-0.25, -0.2) is 0 Å². The molecule has 1 saturated carbocycles. The molecule has 0 spiro atoms. The van der Waals surface area contributed by atoms with Crippen LogP contribution in [0.5, 0.6) is 0 Å².